The van der Waals surface area contributed by atoms with Crippen molar-refractivity contribution in [2.75, 3.05) is 6.54 Å². The fourth-order valence-electron chi connectivity index (χ4n) is 6.40. The van der Waals surface area contributed by atoms with Gasteiger partial charge in [0.05, 0.1) is 18.2 Å². The van der Waals surface area contributed by atoms with Gasteiger partial charge in [-0.1, -0.05) is 0 Å². The zero-order valence-corrected chi connectivity index (χ0v) is 15.7. The Morgan fingerprint density at radius 3 is 2.11 bits per heavy atom. The quantitative estimate of drug-likeness (QED) is 0.452. The van der Waals surface area contributed by atoms with E-state index in [1.807, 2.05) is 0 Å². The second kappa shape index (κ2) is 6.69. The minimum Gasteiger partial charge on any atom is -0.477 e. The van der Waals surface area contributed by atoms with Crippen molar-refractivity contribution in [1.82, 2.24) is 10.6 Å². The van der Waals surface area contributed by atoms with Crippen LogP contribution in [0.5, 0.6) is 0 Å². The maximum absolute atomic E-state index is 11.5. The van der Waals surface area contributed by atoms with E-state index in [2.05, 4.69) is 10.6 Å². The molecule has 0 spiro atoms. The highest BCUT2D eigenvalue weighted by Crippen LogP contribution is 2.55. The Kier molecular flexibility index (Phi) is 4.73. The molecule has 0 radical (unpaired) electrons. The van der Waals surface area contributed by atoms with Crippen LogP contribution in [0.2, 0.25) is 0 Å². The van der Waals surface area contributed by atoms with E-state index < -0.39 is 36.4 Å². The Hall–Kier alpha value is -1.22. The van der Waals surface area contributed by atoms with Gasteiger partial charge in [0.1, 0.15) is 0 Å². The van der Waals surface area contributed by atoms with Crippen molar-refractivity contribution in [2.24, 2.45) is 17.8 Å². The molecule has 27 heavy (non-hydrogen) atoms. The summed E-state index contributed by atoms with van der Waals surface area (Å²) >= 11 is 0. The number of hydrogen-bond acceptors (Lipinski definition) is 6. The van der Waals surface area contributed by atoms with Gasteiger partial charge in [0.15, 0.2) is 0 Å². The van der Waals surface area contributed by atoms with Crippen LogP contribution in [0.4, 0.5) is 0 Å². The second-order valence-electron chi connectivity index (χ2n) is 9.32. The maximum atomic E-state index is 11.5. The van der Waals surface area contributed by atoms with Gasteiger partial charge in [0.25, 0.3) is 5.79 Å². The lowest BCUT2D eigenvalue weighted by molar-refractivity contribution is -0.276. The van der Waals surface area contributed by atoms with Crippen molar-refractivity contribution in [3.63, 3.8) is 0 Å². The van der Waals surface area contributed by atoms with Crippen LogP contribution in [0.3, 0.4) is 0 Å². The van der Waals surface area contributed by atoms with E-state index in [-0.39, 0.29) is 18.0 Å². The normalized spacial score (nSPS) is 48.4. The number of hydrogen-bond donors (Lipinski definition) is 5. The summed E-state index contributed by atoms with van der Waals surface area (Å²) in [6.07, 6.45) is 4.76. The molecule has 4 atom stereocenters. The predicted octanol–water partition coefficient (Wildman–Crippen LogP) is -0.0275. The standard InChI is InChI=1S/C19H30N2O6/c1-10(22)21-16-14(23)8-19(26,17(24)25)27-15(16)9-20-18-5-11-2-12(6-18)4-13(3-11)7-18/h11-16,20,23,26H,2-9H2,1H3,(H,21,22)(H,24,25)/t11?,12?,13?,14-,15-,16+,18?,19-/m0/s1. The molecule has 4 saturated carbocycles. The second-order valence-corrected chi connectivity index (χ2v) is 9.32. The van der Waals surface area contributed by atoms with Crippen molar-refractivity contribution in [3.05, 3.63) is 0 Å². The number of carbonyl (C=O) groups is 2. The van der Waals surface area contributed by atoms with Gasteiger partial charge in [-0.25, -0.2) is 4.79 Å². The molecule has 8 nitrogen and oxygen atoms in total. The number of carboxylic acid groups (broad SMARTS) is 1. The third-order valence-corrected chi connectivity index (χ3v) is 7.07. The first-order valence-electron chi connectivity index (χ1n) is 10.0. The van der Waals surface area contributed by atoms with E-state index in [1.54, 1.807) is 0 Å². The van der Waals surface area contributed by atoms with Crippen molar-refractivity contribution < 1.29 is 29.6 Å². The van der Waals surface area contributed by atoms with E-state index in [1.165, 1.54) is 26.2 Å². The van der Waals surface area contributed by atoms with Crippen LogP contribution >= 0.6 is 0 Å². The summed E-state index contributed by atoms with van der Waals surface area (Å²) in [5.74, 6) is -2.04. The zero-order valence-electron chi connectivity index (χ0n) is 15.7. The van der Waals surface area contributed by atoms with Crippen molar-refractivity contribution in [2.45, 2.75) is 81.4 Å². The summed E-state index contributed by atoms with van der Waals surface area (Å²) in [5.41, 5.74) is 0.0304. The molecule has 5 rings (SSSR count). The Bertz CT molecular complexity index is 590. The van der Waals surface area contributed by atoms with Gasteiger partial charge in [0, 0.05) is 25.4 Å². The monoisotopic (exact) mass is 382 g/mol. The van der Waals surface area contributed by atoms with Gasteiger partial charge < -0.3 is 30.7 Å². The molecule has 0 aromatic heterocycles. The SMILES string of the molecule is CC(=O)N[C@H]1[C@H](CNC23CC4CC(CC(C4)C2)C3)O[C@](O)(C(=O)O)C[C@@H]1O. The van der Waals surface area contributed by atoms with Crippen LogP contribution in [0.15, 0.2) is 0 Å². The molecular formula is C19H30N2O6. The zero-order chi connectivity index (χ0) is 19.4. The molecule has 8 heteroatoms. The number of carbonyl (C=O) groups excluding carboxylic acids is 1. The molecule has 1 aliphatic heterocycles. The molecule has 1 heterocycles. The molecule has 5 fully saturated rings. The van der Waals surface area contributed by atoms with Crippen molar-refractivity contribution in [3.8, 4) is 0 Å². The van der Waals surface area contributed by atoms with E-state index in [9.17, 15) is 24.9 Å². The van der Waals surface area contributed by atoms with Crippen molar-refractivity contribution >= 4 is 11.9 Å². The minimum absolute atomic E-state index is 0.0304. The van der Waals surface area contributed by atoms with Crippen LogP contribution in [0.1, 0.15) is 51.9 Å². The first-order valence-corrected chi connectivity index (χ1v) is 10.0. The Morgan fingerprint density at radius 2 is 1.63 bits per heavy atom. The number of ether oxygens (including phenoxy) is 1. The lowest BCUT2D eigenvalue weighted by Gasteiger charge is -2.57. The number of aliphatic carboxylic acids is 1. The summed E-state index contributed by atoms with van der Waals surface area (Å²) in [7, 11) is 0. The number of rotatable bonds is 5. The fourth-order valence-corrected chi connectivity index (χ4v) is 6.40. The molecular weight excluding hydrogens is 352 g/mol. The summed E-state index contributed by atoms with van der Waals surface area (Å²) < 4.78 is 5.50. The highest BCUT2D eigenvalue weighted by atomic mass is 16.7. The molecule has 4 aliphatic carbocycles. The van der Waals surface area contributed by atoms with Crippen molar-refractivity contribution in [1.29, 1.82) is 0 Å². The lowest BCUT2D eigenvalue weighted by atomic mass is 9.53. The smallest absolute Gasteiger partial charge is 0.364 e. The average molecular weight is 382 g/mol. The largest absolute Gasteiger partial charge is 0.477 e. The highest BCUT2D eigenvalue weighted by Gasteiger charge is 2.53. The Balaban J connectivity index is 1.48. The van der Waals surface area contributed by atoms with Crippen LogP contribution in [-0.4, -0.2) is 63.3 Å². The number of nitrogens with one attached hydrogen (secondary N) is 2. The van der Waals surface area contributed by atoms with Gasteiger partial charge in [0.2, 0.25) is 5.91 Å². The van der Waals surface area contributed by atoms with Gasteiger partial charge in [-0.05, 0) is 56.3 Å². The summed E-state index contributed by atoms with van der Waals surface area (Å²) in [6, 6.07) is -0.761. The first kappa shape index (κ1) is 19.1. The third kappa shape index (κ3) is 3.60. The molecule has 4 bridgehead atoms. The third-order valence-electron chi connectivity index (χ3n) is 7.07. The molecule has 0 aromatic carbocycles. The van der Waals surface area contributed by atoms with Gasteiger partial charge in [-0.15, -0.1) is 0 Å². The number of amides is 1. The number of aliphatic hydroxyl groups excluding tert-OH is 1. The Morgan fingerprint density at radius 1 is 1.07 bits per heavy atom. The van der Waals surface area contributed by atoms with Crippen LogP contribution < -0.4 is 10.6 Å². The minimum atomic E-state index is -2.44. The average Bonchev–Trinajstić information content (AvgIpc) is 2.54. The van der Waals surface area contributed by atoms with Gasteiger partial charge in [-0.3, -0.25) is 4.79 Å². The topological polar surface area (TPSA) is 128 Å². The Labute approximate surface area is 158 Å². The predicted molar refractivity (Wildman–Crippen MR) is 94.6 cm³/mol. The van der Waals surface area contributed by atoms with E-state index in [4.69, 9.17) is 4.74 Å². The summed E-state index contributed by atoms with van der Waals surface area (Å²) in [6.45, 7) is 1.62. The molecule has 5 aliphatic rings. The van der Waals surface area contributed by atoms with E-state index in [0.717, 1.165) is 37.0 Å². The molecule has 5 N–H and O–H groups in total. The highest BCUT2D eigenvalue weighted by molar-refractivity contribution is 5.76. The van der Waals surface area contributed by atoms with Gasteiger partial charge in [-0.2, -0.15) is 0 Å². The molecule has 0 unspecified atom stereocenters. The first-order chi connectivity index (χ1) is 12.7. The van der Waals surface area contributed by atoms with E-state index >= 15 is 0 Å². The lowest BCUT2D eigenvalue weighted by Crippen LogP contribution is -2.67. The molecule has 152 valence electrons. The molecule has 0 aromatic rings. The molecule has 1 amide bonds. The fraction of sp³-hybridized carbons (Fsp3) is 0.895. The number of carboxylic acids is 1. The van der Waals surface area contributed by atoms with E-state index in [0.29, 0.717) is 0 Å². The van der Waals surface area contributed by atoms with Crippen LogP contribution in [0, 0.1) is 17.8 Å². The summed E-state index contributed by atoms with van der Waals surface area (Å²) in [4.78, 5) is 23.0. The van der Waals surface area contributed by atoms with Gasteiger partial charge >= 0.3 is 5.97 Å². The van der Waals surface area contributed by atoms with Crippen LogP contribution in [-0.2, 0) is 14.3 Å². The molecule has 1 saturated heterocycles. The summed E-state index contributed by atoms with van der Waals surface area (Å²) in [5, 5.41) is 36.2. The number of aliphatic hydroxyl groups is 2. The van der Waals surface area contributed by atoms with Crippen LogP contribution in [0.25, 0.3) is 0 Å². The maximum Gasteiger partial charge on any atom is 0.364 e.